The van der Waals surface area contributed by atoms with Gasteiger partial charge >= 0.3 is 0 Å². The number of rotatable bonds is 9. The van der Waals surface area contributed by atoms with E-state index >= 15 is 0 Å². The molecule has 0 fully saturated rings. The van der Waals surface area contributed by atoms with Crippen molar-refractivity contribution in [3.63, 3.8) is 0 Å². The Kier molecular flexibility index (Phi) is 7.68. The summed E-state index contributed by atoms with van der Waals surface area (Å²) in [6, 6.07) is 16.6. The van der Waals surface area contributed by atoms with Crippen LogP contribution >= 0.6 is 0 Å². The quantitative estimate of drug-likeness (QED) is 0.693. The van der Waals surface area contributed by atoms with Crippen LogP contribution in [-0.4, -0.2) is 36.4 Å². The monoisotopic (exact) mass is 354 g/mol. The molecule has 1 N–H and O–H groups in total. The maximum Gasteiger partial charge on any atom is 0.253 e. The Morgan fingerprint density at radius 3 is 2.42 bits per heavy atom. The molecule has 0 aliphatic carbocycles. The van der Waals surface area contributed by atoms with E-state index in [1.54, 1.807) is 29.2 Å². The lowest BCUT2D eigenvalue weighted by Gasteiger charge is -2.19. The minimum atomic E-state index is -0.0888. The molecule has 0 atom stereocenters. The smallest absolute Gasteiger partial charge is 0.253 e. The van der Waals surface area contributed by atoms with Crippen molar-refractivity contribution < 1.29 is 14.3 Å². The van der Waals surface area contributed by atoms with Crippen LogP contribution < -0.4 is 10.1 Å². The number of carbonyl (C=O) groups excluding carboxylic acids is 2. The Bertz CT molecular complexity index is 712. The summed E-state index contributed by atoms with van der Waals surface area (Å²) in [5.74, 6) is 0.687. The van der Waals surface area contributed by atoms with Crippen molar-refractivity contribution in [3.8, 4) is 5.75 Å². The first-order chi connectivity index (χ1) is 12.6. The number of nitrogens with zero attached hydrogens (tertiary/aromatic N) is 1. The molecule has 26 heavy (non-hydrogen) atoms. The van der Waals surface area contributed by atoms with Crippen LogP contribution in [0.4, 0.5) is 5.69 Å². The fourth-order valence-corrected chi connectivity index (χ4v) is 2.59. The number of amides is 2. The Morgan fingerprint density at radius 2 is 1.73 bits per heavy atom. The minimum absolute atomic E-state index is 0.0256. The Balaban J connectivity index is 1.81. The molecular weight excluding hydrogens is 328 g/mol. The summed E-state index contributed by atoms with van der Waals surface area (Å²) < 4.78 is 5.58. The van der Waals surface area contributed by atoms with Gasteiger partial charge in [0.25, 0.3) is 5.91 Å². The van der Waals surface area contributed by atoms with Gasteiger partial charge in [0.2, 0.25) is 5.91 Å². The lowest BCUT2D eigenvalue weighted by molar-refractivity contribution is -0.116. The van der Waals surface area contributed by atoms with Gasteiger partial charge in [0.1, 0.15) is 5.75 Å². The van der Waals surface area contributed by atoms with Crippen molar-refractivity contribution in [2.75, 3.05) is 25.0 Å². The Hall–Kier alpha value is -2.82. The molecule has 0 aromatic heterocycles. The fourth-order valence-electron chi connectivity index (χ4n) is 2.59. The highest BCUT2D eigenvalue weighted by molar-refractivity contribution is 5.97. The lowest BCUT2D eigenvalue weighted by atomic mass is 10.1. The van der Waals surface area contributed by atoms with Crippen LogP contribution in [0, 0.1) is 0 Å². The van der Waals surface area contributed by atoms with E-state index < -0.39 is 0 Å². The van der Waals surface area contributed by atoms with E-state index in [4.69, 9.17) is 4.74 Å². The third-order valence-corrected chi connectivity index (χ3v) is 4.00. The average molecular weight is 354 g/mol. The van der Waals surface area contributed by atoms with Crippen molar-refractivity contribution in [3.05, 3.63) is 60.2 Å². The van der Waals surface area contributed by atoms with E-state index in [9.17, 15) is 9.59 Å². The highest BCUT2D eigenvalue weighted by Gasteiger charge is 2.13. The highest BCUT2D eigenvalue weighted by atomic mass is 16.5. The first-order valence-electron chi connectivity index (χ1n) is 9.01. The molecule has 5 nitrogen and oxygen atoms in total. The zero-order valence-electron chi connectivity index (χ0n) is 15.4. The van der Waals surface area contributed by atoms with Crippen LogP contribution in [0.3, 0.4) is 0 Å². The largest absolute Gasteiger partial charge is 0.494 e. The lowest BCUT2D eigenvalue weighted by Crippen LogP contribution is -2.30. The number of anilines is 1. The molecule has 138 valence electrons. The second-order valence-electron chi connectivity index (χ2n) is 5.87. The number of para-hydroxylation sites is 1. The molecule has 5 heteroatoms. The summed E-state index contributed by atoms with van der Waals surface area (Å²) in [6.45, 7) is 5.70. The van der Waals surface area contributed by atoms with Crippen molar-refractivity contribution >= 4 is 17.5 Å². The van der Waals surface area contributed by atoms with E-state index in [0.717, 1.165) is 5.75 Å². The van der Waals surface area contributed by atoms with Crippen LogP contribution in [0.2, 0.25) is 0 Å². The number of hydrogen-bond donors (Lipinski definition) is 1. The van der Waals surface area contributed by atoms with E-state index in [-0.39, 0.29) is 11.8 Å². The average Bonchev–Trinajstić information content (AvgIpc) is 2.67. The molecule has 0 bridgehead atoms. The summed E-state index contributed by atoms with van der Waals surface area (Å²) in [5.41, 5.74) is 1.22. The normalized spacial score (nSPS) is 10.2. The second kappa shape index (κ2) is 10.2. The van der Waals surface area contributed by atoms with E-state index in [1.165, 1.54) is 0 Å². The number of ether oxygens (including phenoxy) is 1. The van der Waals surface area contributed by atoms with Gasteiger partial charge in [0, 0.05) is 30.8 Å². The van der Waals surface area contributed by atoms with E-state index in [2.05, 4.69) is 5.32 Å². The van der Waals surface area contributed by atoms with Crippen LogP contribution in [0.5, 0.6) is 5.75 Å². The van der Waals surface area contributed by atoms with Gasteiger partial charge in [-0.3, -0.25) is 9.59 Å². The molecule has 2 aromatic carbocycles. The zero-order valence-corrected chi connectivity index (χ0v) is 15.4. The first kappa shape index (κ1) is 19.5. The molecule has 0 aliphatic rings. The number of nitrogens with one attached hydrogen (secondary N) is 1. The molecule has 0 saturated heterocycles. The van der Waals surface area contributed by atoms with Crippen LogP contribution in [-0.2, 0) is 4.79 Å². The molecule has 0 heterocycles. The molecule has 0 aliphatic heterocycles. The molecule has 0 spiro atoms. The molecular formula is C21H26N2O3. The predicted octanol–water partition coefficient (Wildman–Crippen LogP) is 3.97. The molecule has 2 rings (SSSR count). The number of carbonyl (C=O) groups is 2. The van der Waals surface area contributed by atoms with Gasteiger partial charge in [-0.15, -0.1) is 0 Å². The van der Waals surface area contributed by atoms with Gasteiger partial charge in [0.05, 0.1) is 6.61 Å². The van der Waals surface area contributed by atoms with Gasteiger partial charge in [0.15, 0.2) is 0 Å². The SMILES string of the molecule is CCN(CC)C(=O)c1cccc(NC(=O)CCCOc2ccccc2)c1. The van der Waals surface area contributed by atoms with Crippen LogP contribution in [0.25, 0.3) is 0 Å². The fraction of sp³-hybridized carbons (Fsp3) is 0.333. The van der Waals surface area contributed by atoms with Crippen LogP contribution in [0.1, 0.15) is 37.0 Å². The Morgan fingerprint density at radius 1 is 1.00 bits per heavy atom. The van der Waals surface area contributed by atoms with E-state index in [0.29, 0.717) is 43.8 Å². The summed E-state index contributed by atoms with van der Waals surface area (Å²) >= 11 is 0. The maximum absolute atomic E-state index is 12.4. The molecule has 2 amide bonds. The number of hydrogen-bond acceptors (Lipinski definition) is 3. The maximum atomic E-state index is 12.4. The van der Waals surface area contributed by atoms with Crippen LogP contribution in [0.15, 0.2) is 54.6 Å². The van der Waals surface area contributed by atoms with Gasteiger partial charge in [-0.2, -0.15) is 0 Å². The summed E-state index contributed by atoms with van der Waals surface area (Å²) in [4.78, 5) is 26.2. The third-order valence-electron chi connectivity index (χ3n) is 4.00. The zero-order chi connectivity index (χ0) is 18.8. The van der Waals surface area contributed by atoms with Gasteiger partial charge in [-0.05, 0) is 50.6 Å². The van der Waals surface area contributed by atoms with Crippen molar-refractivity contribution in [1.82, 2.24) is 4.90 Å². The topological polar surface area (TPSA) is 58.6 Å². The highest BCUT2D eigenvalue weighted by Crippen LogP contribution is 2.14. The van der Waals surface area contributed by atoms with Gasteiger partial charge in [-0.1, -0.05) is 24.3 Å². The number of benzene rings is 2. The Labute approximate surface area is 155 Å². The first-order valence-corrected chi connectivity index (χ1v) is 9.01. The van der Waals surface area contributed by atoms with Gasteiger partial charge in [-0.25, -0.2) is 0 Å². The van der Waals surface area contributed by atoms with Crippen molar-refractivity contribution in [1.29, 1.82) is 0 Å². The van der Waals surface area contributed by atoms with Crippen molar-refractivity contribution in [2.45, 2.75) is 26.7 Å². The molecule has 0 saturated carbocycles. The van der Waals surface area contributed by atoms with Gasteiger partial charge < -0.3 is 15.0 Å². The summed E-state index contributed by atoms with van der Waals surface area (Å²) in [7, 11) is 0. The second-order valence-corrected chi connectivity index (χ2v) is 5.87. The summed E-state index contributed by atoms with van der Waals surface area (Å²) in [6.07, 6.45) is 0.986. The standard InChI is InChI=1S/C21H26N2O3/c1-3-23(4-2)21(25)17-10-8-11-18(16-17)22-20(24)14-9-15-26-19-12-6-5-7-13-19/h5-8,10-13,16H,3-4,9,14-15H2,1-2H3,(H,22,24). The summed E-state index contributed by atoms with van der Waals surface area (Å²) in [5, 5.41) is 2.85. The molecule has 0 radical (unpaired) electrons. The van der Waals surface area contributed by atoms with E-state index in [1.807, 2.05) is 44.2 Å². The third kappa shape index (κ3) is 5.92. The van der Waals surface area contributed by atoms with Crippen molar-refractivity contribution in [2.24, 2.45) is 0 Å². The predicted molar refractivity (Wildman–Crippen MR) is 103 cm³/mol. The minimum Gasteiger partial charge on any atom is -0.494 e. The molecule has 0 unspecified atom stereocenters. The molecule has 2 aromatic rings.